The summed E-state index contributed by atoms with van der Waals surface area (Å²) >= 11 is 6.51. The van der Waals surface area contributed by atoms with Crippen molar-refractivity contribution in [3.63, 3.8) is 0 Å². The second-order valence-corrected chi connectivity index (χ2v) is 7.68. The van der Waals surface area contributed by atoms with Crippen molar-refractivity contribution in [2.45, 2.75) is 5.92 Å². The van der Waals surface area contributed by atoms with E-state index < -0.39 is 0 Å². The van der Waals surface area contributed by atoms with Gasteiger partial charge in [-0.1, -0.05) is 48.0 Å². The molecule has 5 aromatic rings. The van der Waals surface area contributed by atoms with Crippen molar-refractivity contribution in [2.75, 3.05) is 14.2 Å². The molecule has 0 unspecified atom stereocenters. The summed E-state index contributed by atoms with van der Waals surface area (Å²) in [6.45, 7) is 0. The minimum Gasteiger partial charge on any atom is -0.493 e. The summed E-state index contributed by atoms with van der Waals surface area (Å²) in [7, 11) is 3.29. The second-order valence-electron chi connectivity index (χ2n) is 7.24. The molecule has 0 aliphatic heterocycles. The van der Waals surface area contributed by atoms with Crippen LogP contribution in [-0.2, 0) is 0 Å². The normalized spacial score (nSPS) is 11.5. The summed E-state index contributed by atoms with van der Waals surface area (Å²) in [5, 5.41) is 2.93. The molecule has 0 atom stereocenters. The van der Waals surface area contributed by atoms with Gasteiger partial charge < -0.3 is 19.4 Å². The standard InChI is InChI=1S/C25H21ClN2O2/c1-29-23-12-15(26)11-18(25(23)30-2)24(19-13-27-21-9-5-3-7-16(19)21)20-14-28-22-10-6-4-8-17(20)22/h3-14,24,27-28H,1-2H3. The van der Waals surface area contributed by atoms with Crippen LogP contribution in [0.2, 0.25) is 5.02 Å². The van der Waals surface area contributed by atoms with Gasteiger partial charge in [-0.05, 0) is 29.3 Å². The summed E-state index contributed by atoms with van der Waals surface area (Å²) in [4.78, 5) is 6.83. The van der Waals surface area contributed by atoms with Gasteiger partial charge in [0.2, 0.25) is 0 Å². The number of H-pyrrole nitrogens is 2. The number of hydrogen-bond acceptors (Lipinski definition) is 2. The van der Waals surface area contributed by atoms with Gasteiger partial charge >= 0.3 is 0 Å². The molecule has 2 N–H and O–H groups in total. The number of aromatic amines is 2. The molecule has 2 aromatic heterocycles. The van der Waals surface area contributed by atoms with Crippen molar-refractivity contribution in [1.29, 1.82) is 0 Å². The number of ether oxygens (including phenoxy) is 2. The van der Waals surface area contributed by atoms with E-state index in [1.54, 1.807) is 20.3 Å². The Kier molecular flexibility index (Phi) is 4.64. The average Bonchev–Trinajstić information content (AvgIpc) is 3.39. The van der Waals surface area contributed by atoms with Crippen LogP contribution < -0.4 is 9.47 Å². The van der Waals surface area contributed by atoms with Crippen LogP contribution in [0.15, 0.2) is 73.1 Å². The summed E-state index contributed by atoms with van der Waals surface area (Å²) in [6.07, 6.45) is 4.15. The van der Waals surface area contributed by atoms with E-state index in [4.69, 9.17) is 21.1 Å². The van der Waals surface area contributed by atoms with Crippen LogP contribution in [0.1, 0.15) is 22.6 Å². The van der Waals surface area contributed by atoms with Crippen LogP contribution in [-0.4, -0.2) is 24.2 Å². The number of hydrogen-bond donors (Lipinski definition) is 2. The van der Waals surface area contributed by atoms with Crippen LogP contribution >= 0.6 is 11.6 Å². The molecule has 0 radical (unpaired) electrons. The second kappa shape index (κ2) is 7.47. The molecule has 5 heteroatoms. The highest BCUT2D eigenvalue weighted by molar-refractivity contribution is 6.30. The average molecular weight is 417 g/mol. The predicted molar refractivity (Wildman–Crippen MR) is 122 cm³/mol. The smallest absolute Gasteiger partial charge is 0.164 e. The Bertz CT molecular complexity index is 1280. The molecule has 0 saturated heterocycles. The van der Waals surface area contributed by atoms with E-state index in [0.717, 1.165) is 38.5 Å². The number of aromatic nitrogens is 2. The fourth-order valence-corrected chi connectivity index (χ4v) is 4.56. The van der Waals surface area contributed by atoms with E-state index in [0.29, 0.717) is 16.5 Å². The first-order valence-electron chi connectivity index (χ1n) is 9.74. The Morgan fingerprint density at radius 2 is 1.30 bits per heavy atom. The van der Waals surface area contributed by atoms with Gasteiger partial charge in [-0.15, -0.1) is 0 Å². The molecule has 2 heterocycles. The number of methoxy groups -OCH3 is 2. The monoisotopic (exact) mass is 416 g/mol. The van der Waals surface area contributed by atoms with Gasteiger partial charge in [0.25, 0.3) is 0 Å². The Hall–Kier alpha value is -3.37. The SMILES string of the molecule is COc1cc(Cl)cc(C(c2c[nH]c3ccccc23)c2c[nH]c3ccccc23)c1OC. The molecular weight excluding hydrogens is 396 g/mol. The molecule has 0 bridgehead atoms. The largest absolute Gasteiger partial charge is 0.493 e. The molecular formula is C25H21ClN2O2. The van der Waals surface area contributed by atoms with Crippen LogP contribution in [0, 0.1) is 0 Å². The number of para-hydroxylation sites is 2. The molecule has 150 valence electrons. The quantitative estimate of drug-likeness (QED) is 0.343. The van der Waals surface area contributed by atoms with Crippen molar-refractivity contribution in [1.82, 2.24) is 9.97 Å². The Morgan fingerprint density at radius 1 is 0.733 bits per heavy atom. The van der Waals surface area contributed by atoms with Crippen LogP contribution in [0.25, 0.3) is 21.8 Å². The van der Waals surface area contributed by atoms with Crippen LogP contribution in [0.3, 0.4) is 0 Å². The molecule has 5 rings (SSSR count). The first-order chi connectivity index (χ1) is 14.7. The molecule has 4 nitrogen and oxygen atoms in total. The molecule has 0 fully saturated rings. The Balaban J connectivity index is 1.86. The van der Waals surface area contributed by atoms with Gasteiger partial charge in [0.05, 0.1) is 14.2 Å². The number of nitrogens with one attached hydrogen (secondary N) is 2. The number of halogens is 1. The number of benzene rings is 3. The maximum absolute atomic E-state index is 6.51. The van der Waals surface area contributed by atoms with Crippen molar-refractivity contribution in [3.8, 4) is 11.5 Å². The van der Waals surface area contributed by atoms with E-state index >= 15 is 0 Å². The van der Waals surface area contributed by atoms with Crippen molar-refractivity contribution in [2.24, 2.45) is 0 Å². The van der Waals surface area contributed by atoms with Crippen LogP contribution in [0.4, 0.5) is 0 Å². The topological polar surface area (TPSA) is 50.0 Å². The Labute approximate surface area is 179 Å². The van der Waals surface area contributed by atoms with Gasteiger partial charge in [0.15, 0.2) is 11.5 Å². The summed E-state index contributed by atoms with van der Waals surface area (Å²) in [5.41, 5.74) is 5.43. The minimum absolute atomic E-state index is 0.111. The van der Waals surface area contributed by atoms with E-state index in [1.165, 1.54) is 0 Å². The summed E-state index contributed by atoms with van der Waals surface area (Å²) in [6, 6.07) is 20.4. The molecule has 30 heavy (non-hydrogen) atoms. The van der Waals surface area contributed by atoms with Gasteiger partial charge in [-0.2, -0.15) is 0 Å². The zero-order chi connectivity index (χ0) is 20.7. The highest BCUT2D eigenvalue weighted by Gasteiger charge is 2.28. The predicted octanol–water partition coefficient (Wildman–Crippen LogP) is 6.50. The van der Waals surface area contributed by atoms with Crippen LogP contribution in [0.5, 0.6) is 11.5 Å². The van der Waals surface area contributed by atoms with Gasteiger partial charge in [0, 0.05) is 56.8 Å². The third-order valence-corrected chi connectivity index (χ3v) is 5.87. The third-order valence-electron chi connectivity index (χ3n) is 5.65. The first-order valence-corrected chi connectivity index (χ1v) is 10.1. The molecule has 0 saturated carbocycles. The third kappa shape index (κ3) is 2.92. The Morgan fingerprint density at radius 3 is 1.83 bits per heavy atom. The molecule has 0 aliphatic carbocycles. The van der Waals surface area contributed by atoms with E-state index in [2.05, 4.69) is 58.8 Å². The first kappa shape index (κ1) is 18.6. The maximum Gasteiger partial charge on any atom is 0.164 e. The van der Waals surface area contributed by atoms with Crippen molar-refractivity contribution >= 4 is 33.4 Å². The molecule has 0 amide bonds. The maximum atomic E-state index is 6.51. The zero-order valence-corrected chi connectivity index (χ0v) is 17.5. The molecule has 0 spiro atoms. The molecule has 0 aliphatic rings. The summed E-state index contributed by atoms with van der Waals surface area (Å²) < 4.78 is 11.4. The lowest BCUT2D eigenvalue weighted by Gasteiger charge is -2.22. The summed E-state index contributed by atoms with van der Waals surface area (Å²) in [5.74, 6) is 1.19. The lowest BCUT2D eigenvalue weighted by atomic mass is 9.84. The lowest BCUT2D eigenvalue weighted by molar-refractivity contribution is 0.351. The number of rotatable bonds is 5. The molecule has 3 aromatic carbocycles. The highest BCUT2D eigenvalue weighted by atomic mass is 35.5. The zero-order valence-electron chi connectivity index (χ0n) is 16.7. The fourth-order valence-electron chi connectivity index (χ4n) is 4.34. The van der Waals surface area contributed by atoms with E-state index in [-0.39, 0.29) is 5.92 Å². The minimum atomic E-state index is -0.111. The fraction of sp³-hybridized carbons (Fsp3) is 0.120. The van der Waals surface area contributed by atoms with Gasteiger partial charge in [-0.3, -0.25) is 0 Å². The van der Waals surface area contributed by atoms with Gasteiger partial charge in [-0.25, -0.2) is 0 Å². The highest BCUT2D eigenvalue weighted by Crippen LogP contribution is 2.46. The van der Waals surface area contributed by atoms with Crippen molar-refractivity contribution < 1.29 is 9.47 Å². The van der Waals surface area contributed by atoms with E-state index in [1.807, 2.05) is 18.2 Å². The van der Waals surface area contributed by atoms with Crippen molar-refractivity contribution in [3.05, 3.63) is 94.8 Å². The van der Waals surface area contributed by atoms with E-state index in [9.17, 15) is 0 Å². The lowest BCUT2D eigenvalue weighted by Crippen LogP contribution is -2.06. The van der Waals surface area contributed by atoms with Gasteiger partial charge in [0.1, 0.15) is 0 Å². The number of fused-ring (bicyclic) bond motifs is 2.